The molecule has 10 heteroatoms. The lowest BCUT2D eigenvalue weighted by Crippen LogP contribution is -2.40. The van der Waals surface area contributed by atoms with Crippen molar-refractivity contribution in [3.05, 3.63) is 63.8 Å². The van der Waals surface area contributed by atoms with Crippen LogP contribution in [-0.2, 0) is 14.3 Å². The Bertz CT molecular complexity index is 976. The topological polar surface area (TPSA) is 127 Å². The number of hydrogen-bond acceptors (Lipinski definition) is 7. The normalized spacial score (nSPS) is 19.3. The second-order valence-electron chi connectivity index (χ2n) is 7.29. The van der Waals surface area contributed by atoms with Crippen LogP contribution in [0.15, 0.2) is 53.7 Å². The van der Waals surface area contributed by atoms with Crippen molar-refractivity contribution in [2.45, 2.75) is 19.3 Å². The minimum Gasteiger partial charge on any atom is -0.488 e. The van der Waals surface area contributed by atoms with E-state index in [1.165, 1.54) is 18.3 Å². The van der Waals surface area contributed by atoms with Gasteiger partial charge in [0.05, 0.1) is 4.92 Å². The van der Waals surface area contributed by atoms with Crippen LogP contribution in [0.2, 0.25) is 0 Å². The van der Waals surface area contributed by atoms with Crippen molar-refractivity contribution in [2.75, 3.05) is 24.6 Å². The molecule has 1 aliphatic carbocycles. The zero-order chi connectivity index (χ0) is 21.1. The fourth-order valence-corrected chi connectivity index (χ4v) is 3.72. The molecule has 10 nitrogen and oxygen atoms in total. The van der Waals surface area contributed by atoms with Crippen molar-refractivity contribution >= 4 is 23.3 Å². The number of piperidine rings is 1. The first-order chi connectivity index (χ1) is 14.5. The predicted molar refractivity (Wildman–Crippen MR) is 107 cm³/mol. The molecule has 0 spiro atoms. The van der Waals surface area contributed by atoms with Gasteiger partial charge in [0.1, 0.15) is 5.76 Å². The maximum atomic E-state index is 12.8. The summed E-state index contributed by atoms with van der Waals surface area (Å²) >= 11 is 0. The third-order valence-corrected chi connectivity index (χ3v) is 5.23. The first kappa shape index (κ1) is 19.6. The minimum atomic E-state index is -0.442. The third-order valence-electron chi connectivity index (χ3n) is 5.23. The van der Waals surface area contributed by atoms with E-state index in [9.17, 15) is 19.7 Å². The molecule has 0 atom stereocenters. The molecule has 2 saturated heterocycles. The van der Waals surface area contributed by atoms with Crippen LogP contribution < -0.4 is 15.5 Å². The standard InChI is InChI=1S/C20H21N5O5/c26-18-12-30-16-4-3-14(10-15(11-16)22-18)23-20(27)13-5-8-24(9-6-13)19-17(25(28)29)2-1-7-21-19/h1-4,7,10,13H,5-6,8-9,11-12H2,(H,22,26)(H,23,27). The summed E-state index contributed by atoms with van der Waals surface area (Å²) in [6.45, 7) is 0.986. The number of nitrogens with one attached hydrogen (secondary N) is 2. The molecule has 3 aliphatic rings. The second-order valence-corrected chi connectivity index (χ2v) is 7.29. The first-order valence-corrected chi connectivity index (χ1v) is 9.69. The summed E-state index contributed by atoms with van der Waals surface area (Å²) in [5.41, 5.74) is 1.22. The second kappa shape index (κ2) is 8.36. The van der Waals surface area contributed by atoms with E-state index in [1.54, 1.807) is 18.2 Å². The highest BCUT2D eigenvalue weighted by molar-refractivity contribution is 5.82. The zero-order valence-electron chi connectivity index (χ0n) is 16.2. The summed E-state index contributed by atoms with van der Waals surface area (Å²) in [4.78, 5) is 41.2. The van der Waals surface area contributed by atoms with Crippen molar-refractivity contribution in [1.82, 2.24) is 15.6 Å². The highest BCUT2D eigenvalue weighted by Crippen LogP contribution is 2.29. The van der Waals surface area contributed by atoms with Crippen molar-refractivity contribution in [2.24, 2.45) is 5.92 Å². The van der Waals surface area contributed by atoms with Gasteiger partial charge in [0.2, 0.25) is 11.7 Å². The maximum absolute atomic E-state index is 12.8. The van der Waals surface area contributed by atoms with Crippen LogP contribution in [0.4, 0.5) is 11.5 Å². The molecule has 1 aromatic rings. The lowest BCUT2D eigenvalue weighted by molar-refractivity contribution is -0.384. The number of pyridine rings is 1. The van der Waals surface area contributed by atoms with Crippen LogP contribution in [0.25, 0.3) is 0 Å². The first-order valence-electron chi connectivity index (χ1n) is 9.69. The van der Waals surface area contributed by atoms with E-state index in [-0.39, 0.29) is 30.0 Å². The molecule has 1 aromatic heterocycles. The maximum Gasteiger partial charge on any atom is 0.311 e. The number of ether oxygens (including phenoxy) is 1. The van der Waals surface area contributed by atoms with Gasteiger partial charge in [-0.25, -0.2) is 4.98 Å². The summed E-state index contributed by atoms with van der Waals surface area (Å²) < 4.78 is 5.41. The van der Waals surface area contributed by atoms with Gasteiger partial charge in [0.25, 0.3) is 5.91 Å². The lowest BCUT2D eigenvalue weighted by atomic mass is 9.95. The summed E-state index contributed by atoms with van der Waals surface area (Å²) in [6, 6.07) is 2.97. The van der Waals surface area contributed by atoms with Gasteiger partial charge in [0, 0.05) is 49.1 Å². The number of carbonyl (C=O) groups excluding carboxylic acids is 2. The summed E-state index contributed by atoms with van der Waals surface area (Å²) in [6.07, 6.45) is 8.35. The lowest BCUT2D eigenvalue weighted by Gasteiger charge is -2.31. The number of aromatic nitrogens is 1. The van der Waals surface area contributed by atoms with Crippen LogP contribution in [0, 0.1) is 16.0 Å². The molecule has 30 heavy (non-hydrogen) atoms. The number of fused-ring (bicyclic) bond motifs is 2. The molecule has 2 amide bonds. The number of nitrogens with zero attached hydrogens (tertiary/aromatic N) is 3. The molecule has 0 radical (unpaired) electrons. The fourth-order valence-electron chi connectivity index (χ4n) is 3.72. The predicted octanol–water partition coefficient (Wildman–Crippen LogP) is 1.52. The number of carbonyl (C=O) groups is 2. The molecule has 2 N–H and O–H groups in total. The Labute approximate surface area is 172 Å². The average Bonchev–Trinajstić information content (AvgIpc) is 3.05. The fraction of sp³-hybridized carbons (Fsp3) is 0.350. The van der Waals surface area contributed by atoms with E-state index in [0.717, 1.165) is 0 Å². The van der Waals surface area contributed by atoms with Gasteiger partial charge in [-0.3, -0.25) is 19.7 Å². The average molecular weight is 411 g/mol. The molecule has 2 bridgehead atoms. The smallest absolute Gasteiger partial charge is 0.311 e. The number of anilines is 1. The van der Waals surface area contributed by atoms with Crippen LogP contribution in [0.3, 0.4) is 0 Å². The molecule has 0 aromatic carbocycles. The van der Waals surface area contributed by atoms with E-state index in [2.05, 4.69) is 15.6 Å². The van der Waals surface area contributed by atoms with Gasteiger partial charge in [-0.2, -0.15) is 0 Å². The van der Waals surface area contributed by atoms with Gasteiger partial charge in [-0.15, -0.1) is 0 Å². The van der Waals surface area contributed by atoms with E-state index in [0.29, 0.717) is 55.3 Å². The Balaban J connectivity index is 1.39. The number of allylic oxidation sites excluding steroid dienone is 3. The molecule has 4 rings (SSSR count). The molecule has 2 fully saturated rings. The Morgan fingerprint density at radius 3 is 2.90 bits per heavy atom. The SMILES string of the molecule is O=C1COC2=CC=C(NC(=O)C3CCN(c4ncccc4[N+](=O)[O-])CC3)C=C(C2)N1. The van der Waals surface area contributed by atoms with Gasteiger partial charge in [0.15, 0.2) is 6.61 Å². The van der Waals surface area contributed by atoms with E-state index < -0.39 is 4.92 Å². The molecule has 3 heterocycles. The van der Waals surface area contributed by atoms with Gasteiger partial charge < -0.3 is 20.3 Å². The Morgan fingerprint density at radius 1 is 1.33 bits per heavy atom. The molecular weight excluding hydrogens is 390 g/mol. The minimum absolute atomic E-state index is 0.0221. The monoisotopic (exact) mass is 411 g/mol. The third kappa shape index (κ3) is 4.32. The van der Waals surface area contributed by atoms with E-state index >= 15 is 0 Å². The van der Waals surface area contributed by atoms with Gasteiger partial charge in [-0.05, 0) is 37.1 Å². The summed E-state index contributed by atoms with van der Waals surface area (Å²) in [5, 5.41) is 16.9. The molecular formula is C20H21N5O5. The van der Waals surface area contributed by atoms with Crippen molar-refractivity contribution < 1.29 is 19.2 Å². The Kier molecular flexibility index (Phi) is 5.46. The molecule has 0 saturated carbocycles. The number of nitro groups is 1. The van der Waals surface area contributed by atoms with Gasteiger partial charge in [-0.1, -0.05) is 0 Å². The van der Waals surface area contributed by atoms with E-state index in [1.807, 2.05) is 4.90 Å². The molecule has 156 valence electrons. The Morgan fingerprint density at radius 2 is 2.13 bits per heavy atom. The number of hydrogen-bond donors (Lipinski definition) is 2. The van der Waals surface area contributed by atoms with Crippen LogP contribution in [0.1, 0.15) is 19.3 Å². The Hall–Kier alpha value is -3.69. The zero-order valence-corrected chi connectivity index (χ0v) is 16.2. The van der Waals surface area contributed by atoms with Crippen LogP contribution in [-0.4, -0.2) is 41.4 Å². The number of rotatable bonds is 4. The summed E-state index contributed by atoms with van der Waals surface area (Å²) in [7, 11) is 0. The number of amides is 2. The van der Waals surface area contributed by atoms with Crippen LogP contribution in [0.5, 0.6) is 0 Å². The van der Waals surface area contributed by atoms with Crippen molar-refractivity contribution in [3.63, 3.8) is 0 Å². The van der Waals surface area contributed by atoms with E-state index in [4.69, 9.17) is 4.74 Å². The van der Waals surface area contributed by atoms with Gasteiger partial charge >= 0.3 is 5.69 Å². The van der Waals surface area contributed by atoms with Crippen molar-refractivity contribution in [1.29, 1.82) is 0 Å². The molecule has 0 unspecified atom stereocenters. The highest BCUT2D eigenvalue weighted by atomic mass is 16.6. The molecule has 2 aliphatic heterocycles. The highest BCUT2D eigenvalue weighted by Gasteiger charge is 2.29. The van der Waals surface area contributed by atoms with Crippen molar-refractivity contribution in [3.8, 4) is 0 Å². The summed E-state index contributed by atoms with van der Waals surface area (Å²) in [5.74, 6) is 0.436. The largest absolute Gasteiger partial charge is 0.488 e. The van der Waals surface area contributed by atoms with Crippen LogP contribution >= 0.6 is 0 Å². The quantitative estimate of drug-likeness (QED) is 0.568.